The van der Waals surface area contributed by atoms with E-state index in [0.717, 1.165) is 35.3 Å². The molecule has 1 aliphatic carbocycles. The Labute approximate surface area is 133 Å². The van der Waals surface area contributed by atoms with Crippen molar-refractivity contribution in [3.8, 4) is 0 Å². The summed E-state index contributed by atoms with van der Waals surface area (Å²) >= 11 is 1.66. The largest absolute Gasteiger partial charge is 0.370 e. The lowest BCUT2D eigenvalue weighted by molar-refractivity contribution is -0.118. The normalized spacial score (nSPS) is 17.6. The van der Waals surface area contributed by atoms with Crippen LogP contribution >= 0.6 is 11.3 Å². The molecule has 2 N–H and O–H groups in total. The molecule has 1 aliphatic rings. The number of thiophene rings is 1. The summed E-state index contributed by atoms with van der Waals surface area (Å²) in [4.78, 5) is 30.8. The van der Waals surface area contributed by atoms with E-state index in [1.54, 1.807) is 15.9 Å². The fourth-order valence-corrected chi connectivity index (χ4v) is 4.58. The number of carbonyl (C=O) groups is 1. The molecular formula is C16H21N3O2S. The maximum absolute atomic E-state index is 12.9. The summed E-state index contributed by atoms with van der Waals surface area (Å²) in [5.41, 5.74) is 6.41. The molecule has 118 valence electrons. The van der Waals surface area contributed by atoms with E-state index in [0.29, 0.717) is 18.9 Å². The van der Waals surface area contributed by atoms with Crippen molar-refractivity contribution in [1.82, 2.24) is 9.55 Å². The fraction of sp³-hybridized carbons (Fsp3) is 0.562. The van der Waals surface area contributed by atoms with Crippen LogP contribution in [0.15, 0.2) is 4.79 Å². The SMILES string of the molecule is CCc1nc2sc3c(c2c(=O)n1CCC(N)=O)CCC(C)C3. The number of nitrogens with zero attached hydrogens (tertiary/aromatic N) is 2. The van der Waals surface area contributed by atoms with E-state index in [4.69, 9.17) is 10.7 Å². The highest BCUT2D eigenvalue weighted by Gasteiger charge is 2.24. The first-order valence-corrected chi connectivity index (χ1v) is 8.65. The van der Waals surface area contributed by atoms with E-state index >= 15 is 0 Å². The maximum Gasteiger partial charge on any atom is 0.262 e. The lowest BCUT2D eigenvalue weighted by atomic mass is 9.89. The number of nitrogens with two attached hydrogens (primary N) is 1. The summed E-state index contributed by atoms with van der Waals surface area (Å²) in [6.07, 6.45) is 3.95. The number of carbonyl (C=O) groups excluding carboxylic acids is 1. The Balaban J connectivity index is 2.17. The second-order valence-electron chi connectivity index (χ2n) is 6.09. The van der Waals surface area contributed by atoms with Crippen molar-refractivity contribution in [2.24, 2.45) is 11.7 Å². The van der Waals surface area contributed by atoms with Gasteiger partial charge < -0.3 is 5.73 Å². The molecule has 0 fully saturated rings. The number of aromatic nitrogens is 2. The molecule has 1 atom stereocenters. The number of aryl methyl sites for hydroxylation is 2. The molecule has 0 saturated heterocycles. The summed E-state index contributed by atoms with van der Waals surface area (Å²) in [6, 6.07) is 0. The standard InChI is InChI=1S/C16H21N3O2S/c1-3-13-18-15-14(16(21)19(13)7-6-12(17)20)10-5-4-9(2)8-11(10)22-15/h9H,3-8H2,1-2H3,(H2,17,20). The highest BCUT2D eigenvalue weighted by atomic mass is 32.1. The molecule has 22 heavy (non-hydrogen) atoms. The van der Waals surface area contributed by atoms with Crippen molar-refractivity contribution in [3.63, 3.8) is 0 Å². The van der Waals surface area contributed by atoms with Gasteiger partial charge in [0.2, 0.25) is 5.91 Å². The third-order valence-corrected chi connectivity index (χ3v) is 5.54. The molecule has 0 saturated carbocycles. The number of rotatable bonds is 4. The smallest absolute Gasteiger partial charge is 0.262 e. The third kappa shape index (κ3) is 2.56. The molecule has 6 heteroatoms. The molecule has 0 bridgehead atoms. The van der Waals surface area contributed by atoms with Gasteiger partial charge in [-0.25, -0.2) is 4.98 Å². The zero-order valence-electron chi connectivity index (χ0n) is 13.0. The van der Waals surface area contributed by atoms with Crippen LogP contribution in [0.3, 0.4) is 0 Å². The first-order chi connectivity index (χ1) is 10.5. The predicted octanol–water partition coefficient (Wildman–Crippen LogP) is 2.02. The zero-order chi connectivity index (χ0) is 15.9. The van der Waals surface area contributed by atoms with Crippen LogP contribution < -0.4 is 11.3 Å². The average molecular weight is 319 g/mol. The molecule has 2 aromatic rings. The Morgan fingerprint density at radius 1 is 1.50 bits per heavy atom. The van der Waals surface area contributed by atoms with Gasteiger partial charge in [0.15, 0.2) is 0 Å². The van der Waals surface area contributed by atoms with Crippen LogP contribution in [0.25, 0.3) is 10.2 Å². The number of primary amides is 1. The van der Waals surface area contributed by atoms with Gasteiger partial charge in [-0.2, -0.15) is 0 Å². The highest BCUT2D eigenvalue weighted by Crippen LogP contribution is 2.35. The maximum atomic E-state index is 12.9. The summed E-state index contributed by atoms with van der Waals surface area (Å²) < 4.78 is 1.64. The van der Waals surface area contributed by atoms with Crippen molar-refractivity contribution in [1.29, 1.82) is 0 Å². The first-order valence-electron chi connectivity index (χ1n) is 7.83. The molecule has 1 amide bonds. The van der Waals surface area contributed by atoms with Gasteiger partial charge >= 0.3 is 0 Å². The van der Waals surface area contributed by atoms with E-state index in [9.17, 15) is 9.59 Å². The van der Waals surface area contributed by atoms with Gasteiger partial charge in [-0.05, 0) is 30.7 Å². The minimum Gasteiger partial charge on any atom is -0.370 e. The van der Waals surface area contributed by atoms with E-state index in [1.165, 1.54) is 10.4 Å². The lowest BCUT2D eigenvalue weighted by Crippen LogP contribution is -2.27. The van der Waals surface area contributed by atoms with Crippen molar-refractivity contribution < 1.29 is 4.79 Å². The minimum atomic E-state index is -0.393. The molecule has 0 aliphatic heterocycles. The summed E-state index contributed by atoms with van der Waals surface area (Å²) in [5.74, 6) is 1.02. The third-order valence-electron chi connectivity index (χ3n) is 4.39. The van der Waals surface area contributed by atoms with Gasteiger partial charge in [-0.15, -0.1) is 11.3 Å². The van der Waals surface area contributed by atoms with E-state index in [-0.39, 0.29) is 12.0 Å². The van der Waals surface area contributed by atoms with E-state index in [1.807, 2.05) is 6.92 Å². The Morgan fingerprint density at radius 3 is 2.95 bits per heavy atom. The molecule has 2 aromatic heterocycles. The van der Waals surface area contributed by atoms with Crippen LogP contribution in [0.4, 0.5) is 0 Å². The van der Waals surface area contributed by atoms with Crippen molar-refractivity contribution >= 4 is 27.5 Å². The molecule has 3 rings (SSSR count). The second kappa shape index (κ2) is 5.83. The molecular weight excluding hydrogens is 298 g/mol. The number of amides is 1. The quantitative estimate of drug-likeness (QED) is 0.936. The van der Waals surface area contributed by atoms with Crippen LogP contribution in [-0.4, -0.2) is 15.5 Å². The molecule has 1 unspecified atom stereocenters. The minimum absolute atomic E-state index is 0.00449. The van der Waals surface area contributed by atoms with Gasteiger partial charge in [0.1, 0.15) is 10.7 Å². The first kappa shape index (κ1) is 15.2. The van der Waals surface area contributed by atoms with Crippen molar-refractivity contribution in [3.05, 3.63) is 26.6 Å². The monoisotopic (exact) mass is 319 g/mol. The van der Waals surface area contributed by atoms with Crippen LogP contribution in [-0.2, 0) is 30.6 Å². The Kier molecular flexibility index (Phi) is 4.04. The Morgan fingerprint density at radius 2 is 2.27 bits per heavy atom. The lowest BCUT2D eigenvalue weighted by Gasteiger charge is -2.17. The highest BCUT2D eigenvalue weighted by molar-refractivity contribution is 7.18. The van der Waals surface area contributed by atoms with Crippen LogP contribution in [0.2, 0.25) is 0 Å². The predicted molar refractivity (Wildman–Crippen MR) is 88.3 cm³/mol. The Hall–Kier alpha value is -1.69. The molecule has 2 heterocycles. The number of hydrogen-bond acceptors (Lipinski definition) is 4. The summed E-state index contributed by atoms with van der Waals surface area (Å²) in [6.45, 7) is 4.55. The Bertz CT molecular complexity index is 791. The van der Waals surface area contributed by atoms with Crippen molar-refractivity contribution in [2.45, 2.75) is 52.5 Å². The van der Waals surface area contributed by atoms with Crippen molar-refractivity contribution in [2.75, 3.05) is 0 Å². The van der Waals surface area contributed by atoms with Gasteiger partial charge in [0.25, 0.3) is 5.56 Å². The van der Waals surface area contributed by atoms with Gasteiger partial charge in [-0.3, -0.25) is 14.2 Å². The van der Waals surface area contributed by atoms with Crippen LogP contribution in [0.5, 0.6) is 0 Å². The topological polar surface area (TPSA) is 78.0 Å². The van der Waals surface area contributed by atoms with Crippen LogP contribution in [0, 0.1) is 5.92 Å². The fourth-order valence-electron chi connectivity index (χ4n) is 3.19. The second-order valence-corrected chi connectivity index (χ2v) is 7.17. The summed E-state index contributed by atoms with van der Waals surface area (Å²) in [5, 5.41) is 0.772. The molecule has 0 radical (unpaired) electrons. The average Bonchev–Trinajstić information content (AvgIpc) is 2.82. The van der Waals surface area contributed by atoms with Gasteiger partial charge in [0.05, 0.1) is 5.39 Å². The van der Waals surface area contributed by atoms with Gasteiger partial charge in [0, 0.05) is 24.3 Å². The molecule has 0 spiro atoms. The van der Waals surface area contributed by atoms with E-state index < -0.39 is 5.91 Å². The summed E-state index contributed by atoms with van der Waals surface area (Å²) in [7, 11) is 0. The van der Waals surface area contributed by atoms with Crippen LogP contribution in [0.1, 0.15) is 43.0 Å². The number of fused-ring (bicyclic) bond motifs is 3. The van der Waals surface area contributed by atoms with E-state index in [2.05, 4.69) is 6.92 Å². The molecule has 5 nitrogen and oxygen atoms in total. The zero-order valence-corrected chi connectivity index (χ0v) is 13.8. The van der Waals surface area contributed by atoms with Gasteiger partial charge in [-0.1, -0.05) is 13.8 Å². The molecule has 0 aromatic carbocycles. The number of hydrogen-bond donors (Lipinski definition) is 1.